The van der Waals surface area contributed by atoms with Crippen LogP contribution in [-0.2, 0) is 19.3 Å². The van der Waals surface area contributed by atoms with Crippen molar-refractivity contribution in [1.82, 2.24) is 15.0 Å². The maximum atomic E-state index is 6.61. The predicted octanol–water partition coefficient (Wildman–Crippen LogP) is 10.3. The van der Waals surface area contributed by atoms with Crippen molar-refractivity contribution >= 4 is 33.4 Å². The van der Waals surface area contributed by atoms with Crippen LogP contribution >= 0.6 is 0 Å². The molecule has 0 amide bonds. The third-order valence-electron chi connectivity index (χ3n) is 9.47. The molecule has 1 unspecified atom stereocenters. The van der Waals surface area contributed by atoms with Crippen LogP contribution in [0.2, 0.25) is 0 Å². The van der Waals surface area contributed by atoms with Gasteiger partial charge in [-0.1, -0.05) is 116 Å². The second kappa shape index (κ2) is 11.3. The van der Waals surface area contributed by atoms with Gasteiger partial charge in [-0.25, -0.2) is 15.0 Å². The highest BCUT2D eigenvalue weighted by atomic mass is 16.3. The van der Waals surface area contributed by atoms with E-state index in [0.29, 0.717) is 17.5 Å². The molecule has 7 aromatic rings. The maximum Gasteiger partial charge on any atom is 0.164 e. The molecular formula is C43H33N3O. The number of nitrogens with zero attached hydrogens (tertiary/aromatic N) is 3. The Balaban J connectivity index is 1.20. The van der Waals surface area contributed by atoms with Gasteiger partial charge in [-0.3, -0.25) is 0 Å². The largest absolute Gasteiger partial charge is 0.460 e. The highest BCUT2D eigenvalue weighted by Crippen LogP contribution is 2.41. The number of hydrogen-bond acceptors (Lipinski definition) is 4. The van der Waals surface area contributed by atoms with E-state index in [0.717, 1.165) is 70.1 Å². The second-order valence-corrected chi connectivity index (χ2v) is 12.9. The van der Waals surface area contributed by atoms with Crippen molar-refractivity contribution in [2.24, 2.45) is 5.92 Å². The van der Waals surface area contributed by atoms with Crippen molar-refractivity contribution < 1.29 is 4.42 Å². The first kappa shape index (κ1) is 27.7. The van der Waals surface area contributed by atoms with Crippen LogP contribution in [0.1, 0.15) is 52.7 Å². The summed E-state index contributed by atoms with van der Waals surface area (Å²) in [5, 5.41) is 3.45. The Morgan fingerprint density at radius 1 is 0.702 bits per heavy atom. The first-order chi connectivity index (χ1) is 23.1. The number of fused-ring (bicyclic) bond motifs is 5. The standard InChI is InChI=1S/C43H33N3O/c1-27-21-37(40-36-20-15-29(23-28-9-3-2-4-10-28)24-38(36)47-39(40)22-27)43-45-41(34-18-16-30-11-5-7-13-32(30)25-34)44-42(46-43)35-19-17-31-12-6-8-14-33(31)26-35/h2-5,7-11,13-21,24-27H,6,12,22-23H2,1H3. The number of aromatic nitrogens is 3. The van der Waals surface area contributed by atoms with E-state index >= 15 is 0 Å². The fourth-order valence-corrected chi connectivity index (χ4v) is 7.13. The lowest BCUT2D eigenvalue weighted by molar-refractivity contribution is 0.511. The van der Waals surface area contributed by atoms with Gasteiger partial charge in [-0.2, -0.15) is 0 Å². The molecule has 0 spiro atoms. The van der Waals surface area contributed by atoms with Crippen molar-refractivity contribution in [3.63, 3.8) is 0 Å². The molecule has 226 valence electrons. The summed E-state index contributed by atoms with van der Waals surface area (Å²) < 4.78 is 6.61. The average molecular weight is 608 g/mol. The number of benzene rings is 5. The predicted molar refractivity (Wildman–Crippen MR) is 191 cm³/mol. The van der Waals surface area contributed by atoms with Crippen molar-refractivity contribution in [3.8, 4) is 22.8 Å². The molecule has 0 saturated heterocycles. The van der Waals surface area contributed by atoms with E-state index in [-0.39, 0.29) is 5.92 Å². The molecule has 4 nitrogen and oxygen atoms in total. The Morgan fingerprint density at radius 3 is 2.34 bits per heavy atom. The minimum absolute atomic E-state index is 0.278. The zero-order valence-electron chi connectivity index (χ0n) is 26.3. The van der Waals surface area contributed by atoms with Gasteiger partial charge in [0.2, 0.25) is 0 Å². The third-order valence-corrected chi connectivity index (χ3v) is 9.47. The van der Waals surface area contributed by atoms with E-state index < -0.39 is 0 Å². The monoisotopic (exact) mass is 607 g/mol. The van der Waals surface area contributed by atoms with Crippen LogP contribution < -0.4 is 0 Å². The Labute approximate surface area is 274 Å². The lowest BCUT2D eigenvalue weighted by Crippen LogP contribution is -2.10. The van der Waals surface area contributed by atoms with Gasteiger partial charge in [0, 0.05) is 34.1 Å². The quantitative estimate of drug-likeness (QED) is 0.195. The number of allylic oxidation sites excluding steroid dienone is 2. The van der Waals surface area contributed by atoms with Crippen molar-refractivity contribution in [3.05, 3.63) is 161 Å². The zero-order valence-corrected chi connectivity index (χ0v) is 26.3. The molecule has 2 heterocycles. The summed E-state index contributed by atoms with van der Waals surface area (Å²) in [6.07, 6.45) is 10.6. The lowest BCUT2D eigenvalue weighted by atomic mass is 9.88. The van der Waals surface area contributed by atoms with Gasteiger partial charge in [0.25, 0.3) is 0 Å². The fraction of sp³-hybridized carbons (Fsp3) is 0.140. The fourth-order valence-electron chi connectivity index (χ4n) is 7.13. The smallest absolute Gasteiger partial charge is 0.164 e. The summed E-state index contributed by atoms with van der Waals surface area (Å²) >= 11 is 0. The van der Waals surface area contributed by atoms with E-state index in [2.05, 4.69) is 134 Å². The second-order valence-electron chi connectivity index (χ2n) is 12.9. The molecule has 2 aliphatic rings. The van der Waals surface area contributed by atoms with Crippen LogP contribution in [0, 0.1) is 5.92 Å². The van der Waals surface area contributed by atoms with Gasteiger partial charge in [0.15, 0.2) is 17.5 Å². The lowest BCUT2D eigenvalue weighted by Gasteiger charge is -2.18. The number of hydrogen-bond donors (Lipinski definition) is 0. The molecule has 0 bridgehead atoms. The third kappa shape index (κ3) is 5.16. The summed E-state index contributed by atoms with van der Waals surface area (Å²) in [5.41, 5.74) is 10.1. The Bertz CT molecular complexity index is 2380. The SMILES string of the molecule is CC1C=C(c2nc(-c3ccc4c(c3)C=CCC4)nc(-c3ccc4ccccc4c3)n2)c2c(oc3cc(Cc4ccccc4)ccc23)C1. The Morgan fingerprint density at radius 2 is 1.47 bits per heavy atom. The molecule has 0 saturated carbocycles. The first-order valence-electron chi connectivity index (χ1n) is 16.5. The summed E-state index contributed by atoms with van der Waals surface area (Å²) in [6.45, 7) is 2.24. The van der Waals surface area contributed by atoms with Crippen LogP contribution in [0.15, 0.2) is 126 Å². The van der Waals surface area contributed by atoms with Crippen molar-refractivity contribution in [2.45, 2.75) is 32.6 Å². The van der Waals surface area contributed by atoms with E-state index in [4.69, 9.17) is 19.4 Å². The average Bonchev–Trinajstić information content (AvgIpc) is 3.48. The molecule has 0 N–H and O–H groups in total. The van der Waals surface area contributed by atoms with Gasteiger partial charge in [-0.05, 0) is 76.4 Å². The maximum absolute atomic E-state index is 6.61. The van der Waals surface area contributed by atoms with E-state index in [1.807, 2.05) is 0 Å². The normalized spacial score (nSPS) is 15.4. The molecule has 0 radical (unpaired) electrons. The van der Waals surface area contributed by atoms with Crippen LogP contribution in [0.25, 0.3) is 56.2 Å². The van der Waals surface area contributed by atoms with Gasteiger partial charge >= 0.3 is 0 Å². The van der Waals surface area contributed by atoms with Crippen LogP contribution in [-0.4, -0.2) is 15.0 Å². The summed E-state index contributed by atoms with van der Waals surface area (Å²) in [4.78, 5) is 15.5. The molecule has 4 heteroatoms. The molecule has 2 aliphatic carbocycles. The van der Waals surface area contributed by atoms with Gasteiger partial charge in [0.1, 0.15) is 11.3 Å². The zero-order chi connectivity index (χ0) is 31.3. The summed E-state index contributed by atoms with van der Waals surface area (Å²) in [5.74, 6) is 3.30. The Kier molecular flexibility index (Phi) is 6.67. The van der Waals surface area contributed by atoms with E-state index in [1.54, 1.807) is 0 Å². The topological polar surface area (TPSA) is 51.8 Å². The first-order valence-corrected chi connectivity index (χ1v) is 16.5. The molecule has 0 aliphatic heterocycles. The molecule has 0 fully saturated rings. The minimum atomic E-state index is 0.278. The highest BCUT2D eigenvalue weighted by molar-refractivity contribution is 5.97. The van der Waals surface area contributed by atoms with E-state index in [9.17, 15) is 0 Å². The van der Waals surface area contributed by atoms with Crippen LogP contribution in [0.5, 0.6) is 0 Å². The van der Waals surface area contributed by atoms with Crippen LogP contribution in [0.4, 0.5) is 0 Å². The van der Waals surface area contributed by atoms with Gasteiger partial charge in [0.05, 0.1) is 0 Å². The molecule has 47 heavy (non-hydrogen) atoms. The molecular weight excluding hydrogens is 574 g/mol. The molecule has 9 rings (SSSR count). The van der Waals surface area contributed by atoms with Crippen molar-refractivity contribution in [2.75, 3.05) is 0 Å². The highest BCUT2D eigenvalue weighted by Gasteiger charge is 2.28. The summed E-state index contributed by atoms with van der Waals surface area (Å²) in [6, 6.07) is 38.7. The molecule has 1 atom stereocenters. The van der Waals surface area contributed by atoms with Crippen molar-refractivity contribution in [1.29, 1.82) is 0 Å². The number of rotatable bonds is 5. The molecule has 5 aromatic carbocycles. The minimum Gasteiger partial charge on any atom is -0.460 e. The molecule has 2 aromatic heterocycles. The number of furan rings is 1. The number of aryl methyl sites for hydroxylation is 1. The Hall–Kier alpha value is -5.61. The summed E-state index contributed by atoms with van der Waals surface area (Å²) in [7, 11) is 0. The van der Waals surface area contributed by atoms with Gasteiger partial charge in [-0.15, -0.1) is 0 Å². The van der Waals surface area contributed by atoms with Crippen LogP contribution in [0.3, 0.4) is 0 Å². The van der Waals surface area contributed by atoms with E-state index in [1.165, 1.54) is 27.6 Å². The van der Waals surface area contributed by atoms with Gasteiger partial charge < -0.3 is 4.42 Å².